The van der Waals surface area contributed by atoms with Crippen molar-refractivity contribution in [3.8, 4) is 0 Å². The Labute approximate surface area is 152 Å². The molecule has 0 unspecified atom stereocenters. The molecule has 3 heteroatoms. The van der Waals surface area contributed by atoms with Gasteiger partial charge in [0.15, 0.2) is 14.7 Å². The zero-order valence-corrected chi connectivity index (χ0v) is 15.3. The van der Waals surface area contributed by atoms with Gasteiger partial charge >= 0.3 is 0 Å². The summed E-state index contributed by atoms with van der Waals surface area (Å²) >= 11 is 0. The highest BCUT2D eigenvalue weighted by atomic mass is 32.2. The van der Waals surface area contributed by atoms with Gasteiger partial charge in [-0.3, -0.25) is 0 Å². The Morgan fingerprint density at radius 1 is 0.760 bits per heavy atom. The summed E-state index contributed by atoms with van der Waals surface area (Å²) in [5, 5.41) is 9.26. The number of carboxylic acids is 1. The Hall–Kier alpha value is -2.52. The number of aliphatic carboxylic acids is 1. The minimum atomic E-state index is -0.995. The van der Waals surface area contributed by atoms with Crippen LogP contribution in [-0.2, 0) is 15.7 Å². The molecule has 3 aromatic rings. The first-order chi connectivity index (χ1) is 12.1. The fraction of sp³-hybridized carbons (Fsp3) is 0.136. The maximum Gasteiger partial charge on any atom is 0.166 e. The summed E-state index contributed by atoms with van der Waals surface area (Å²) in [6.07, 6.45) is 0.111. The van der Waals surface area contributed by atoms with Gasteiger partial charge in [0, 0.05) is 5.97 Å². The predicted octanol–water partition coefficient (Wildman–Crippen LogP) is 4.24. The topological polar surface area (TPSA) is 40.1 Å². The van der Waals surface area contributed by atoms with Crippen molar-refractivity contribution in [2.24, 2.45) is 0 Å². The van der Waals surface area contributed by atoms with Crippen LogP contribution in [0, 0.1) is 6.92 Å². The van der Waals surface area contributed by atoms with Gasteiger partial charge in [-0.2, -0.15) is 0 Å². The molecule has 0 aliphatic rings. The predicted molar refractivity (Wildman–Crippen MR) is 102 cm³/mol. The van der Waals surface area contributed by atoms with Gasteiger partial charge in [0.05, 0.1) is 10.9 Å². The van der Waals surface area contributed by atoms with Crippen LogP contribution in [0.15, 0.2) is 99.6 Å². The molecule has 3 rings (SSSR count). The summed E-state index contributed by atoms with van der Waals surface area (Å²) in [6, 6.07) is 30.4. The van der Waals surface area contributed by atoms with Crippen LogP contribution in [0.25, 0.3) is 0 Å². The summed E-state index contributed by atoms with van der Waals surface area (Å²) in [6.45, 7) is 3.67. The lowest BCUT2D eigenvalue weighted by molar-refractivity contribution is -0.305. The molecule has 0 aliphatic heterocycles. The summed E-state index contributed by atoms with van der Waals surface area (Å²) in [5.41, 5.74) is 1.30. The molecule has 25 heavy (non-hydrogen) atoms. The van der Waals surface area contributed by atoms with Crippen molar-refractivity contribution < 1.29 is 9.90 Å². The molecule has 0 heterocycles. The van der Waals surface area contributed by atoms with Crippen LogP contribution in [0.1, 0.15) is 18.9 Å². The molecule has 0 spiro atoms. The number of hydrogen-bond acceptors (Lipinski definition) is 2. The number of carbonyl (C=O) groups excluding carboxylic acids is 1. The smallest absolute Gasteiger partial charge is 0.166 e. The zero-order valence-electron chi connectivity index (χ0n) is 14.5. The van der Waals surface area contributed by atoms with Crippen LogP contribution >= 0.6 is 0 Å². The minimum Gasteiger partial charge on any atom is -0.550 e. The second-order valence-electron chi connectivity index (χ2n) is 5.47. The van der Waals surface area contributed by atoms with Crippen molar-refractivity contribution in [3.63, 3.8) is 0 Å². The number of carboxylic acid groups (broad SMARTS) is 1. The highest BCUT2D eigenvalue weighted by Gasteiger charge is 2.27. The molecule has 0 saturated heterocycles. The first kappa shape index (κ1) is 18.8. The molecular weight excluding hydrogens is 328 g/mol. The first-order valence-electron chi connectivity index (χ1n) is 8.22. The van der Waals surface area contributed by atoms with Crippen LogP contribution in [0.5, 0.6) is 0 Å². The van der Waals surface area contributed by atoms with Crippen molar-refractivity contribution in [2.75, 3.05) is 0 Å². The van der Waals surface area contributed by atoms with E-state index in [4.69, 9.17) is 0 Å². The monoisotopic (exact) mass is 350 g/mol. The van der Waals surface area contributed by atoms with E-state index >= 15 is 0 Å². The maximum atomic E-state index is 9.26. The molecule has 3 aromatic carbocycles. The molecule has 128 valence electrons. The first-order valence-corrected chi connectivity index (χ1v) is 9.45. The average Bonchev–Trinajstić information content (AvgIpc) is 2.66. The zero-order chi connectivity index (χ0) is 18.1. The number of benzene rings is 3. The number of aryl methyl sites for hydroxylation is 1. The van der Waals surface area contributed by atoms with E-state index in [9.17, 15) is 9.90 Å². The minimum absolute atomic E-state index is 0.0229. The fourth-order valence-electron chi connectivity index (χ4n) is 2.20. The highest BCUT2D eigenvalue weighted by molar-refractivity contribution is 7.97. The van der Waals surface area contributed by atoms with Gasteiger partial charge in [-0.05, 0) is 49.7 Å². The number of hydrogen-bond donors (Lipinski definition) is 0. The Morgan fingerprint density at radius 3 is 1.48 bits per heavy atom. The Balaban J connectivity index is 0.000000399. The van der Waals surface area contributed by atoms with E-state index in [1.54, 1.807) is 0 Å². The number of rotatable bonds is 4. The van der Waals surface area contributed by atoms with Gasteiger partial charge in [-0.1, -0.05) is 61.0 Å². The van der Waals surface area contributed by atoms with E-state index in [0.717, 1.165) is 0 Å². The van der Waals surface area contributed by atoms with Crippen molar-refractivity contribution >= 4 is 16.9 Å². The van der Waals surface area contributed by atoms with E-state index in [0.29, 0.717) is 0 Å². The molecule has 0 aliphatic carbocycles. The maximum absolute atomic E-state index is 9.26. The molecule has 0 fully saturated rings. The lowest BCUT2D eigenvalue weighted by atomic mass is 10.2. The molecule has 0 radical (unpaired) electrons. The van der Waals surface area contributed by atoms with Crippen LogP contribution in [0.3, 0.4) is 0 Å². The third-order valence-electron chi connectivity index (χ3n) is 3.50. The Morgan fingerprint density at radius 2 is 1.12 bits per heavy atom. The summed E-state index contributed by atoms with van der Waals surface area (Å²) < 4.78 is 0. The summed E-state index contributed by atoms with van der Waals surface area (Å²) in [7, 11) is -0.0229. The van der Waals surface area contributed by atoms with E-state index in [-0.39, 0.29) is 17.3 Å². The van der Waals surface area contributed by atoms with Crippen molar-refractivity contribution in [3.05, 3.63) is 90.5 Å². The van der Waals surface area contributed by atoms with Crippen LogP contribution in [0.4, 0.5) is 0 Å². The lowest BCUT2D eigenvalue weighted by Gasteiger charge is -2.07. The molecule has 0 amide bonds. The highest BCUT2D eigenvalue weighted by Crippen LogP contribution is 2.30. The fourth-order valence-corrected chi connectivity index (χ4v) is 4.28. The largest absolute Gasteiger partial charge is 0.550 e. The van der Waals surface area contributed by atoms with Crippen LogP contribution in [-0.4, -0.2) is 5.97 Å². The second-order valence-corrected chi connectivity index (χ2v) is 7.50. The normalized spacial score (nSPS) is 10.0. The van der Waals surface area contributed by atoms with Gasteiger partial charge in [-0.15, -0.1) is 0 Å². The third kappa shape index (κ3) is 5.80. The summed E-state index contributed by atoms with van der Waals surface area (Å²) in [5.74, 6) is -0.995. The quantitative estimate of drug-likeness (QED) is 0.661. The van der Waals surface area contributed by atoms with Crippen LogP contribution < -0.4 is 5.11 Å². The number of carbonyl (C=O) groups is 1. The molecule has 0 bridgehead atoms. The molecular formula is C22H22O2S. The van der Waals surface area contributed by atoms with Crippen molar-refractivity contribution in [2.45, 2.75) is 35.0 Å². The standard InChI is InChI=1S/C19H17S.C3H6O2/c1-16-12-14-19(15-13-16)20(17-8-4-2-5-9-17)18-10-6-3-7-11-18;1-2-3(4)5/h2-15H,1H3;2H2,1H3,(H,4,5)/q+1;/p-1. The van der Waals surface area contributed by atoms with Gasteiger partial charge in [0.25, 0.3) is 0 Å². The Bertz CT molecular complexity index is 729. The third-order valence-corrected chi connectivity index (χ3v) is 5.73. The van der Waals surface area contributed by atoms with Gasteiger partial charge < -0.3 is 9.90 Å². The van der Waals surface area contributed by atoms with E-state index in [2.05, 4.69) is 91.9 Å². The van der Waals surface area contributed by atoms with E-state index in [1.165, 1.54) is 27.2 Å². The molecule has 0 aromatic heterocycles. The van der Waals surface area contributed by atoms with Crippen LogP contribution in [0.2, 0.25) is 0 Å². The van der Waals surface area contributed by atoms with Gasteiger partial charge in [0.1, 0.15) is 0 Å². The lowest BCUT2D eigenvalue weighted by Crippen LogP contribution is -2.19. The van der Waals surface area contributed by atoms with Gasteiger partial charge in [-0.25, -0.2) is 0 Å². The SMILES string of the molecule is CCC(=O)[O-].Cc1ccc([S+](c2ccccc2)c2ccccc2)cc1. The molecule has 0 atom stereocenters. The van der Waals surface area contributed by atoms with Crippen molar-refractivity contribution in [1.82, 2.24) is 0 Å². The molecule has 0 saturated carbocycles. The molecule has 0 N–H and O–H groups in total. The average molecular weight is 350 g/mol. The summed E-state index contributed by atoms with van der Waals surface area (Å²) in [4.78, 5) is 13.4. The Kier molecular flexibility index (Phi) is 7.30. The van der Waals surface area contributed by atoms with Gasteiger partial charge in [0.2, 0.25) is 0 Å². The molecule has 2 nitrogen and oxygen atoms in total. The second kappa shape index (κ2) is 9.70. The van der Waals surface area contributed by atoms with E-state index in [1.807, 2.05) is 0 Å². The van der Waals surface area contributed by atoms with E-state index < -0.39 is 5.97 Å². The van der Waals surface area contributed by atoms with Crippen molar-refractivity contribution in [1.29, 1.82) is 0 Å².